The van der Waals surface area contributed by atoms with Gasteiger partial charge in [-0.3, -0.25) is 24.0 Å². The molecule has 3 atom stereocenters. The molecule has 6 aromatic rings. The number of esters is 5. The van der Waals surface area contributed by atoms with Crippen LogP contribution < -0.4 is 45.3 Å². The Kier molecular flexibility index (Phi) is 22.2. The molecule has 0 saturated carbocycles. The van der Waals surface area contributed by atoms with Gasteiger partial charge in [-0.1, -0.05) is 36.1 Å². The van der Waals surface area contributed by atoms with E-state index in [2.05, 4.69) is 0 Å². The molecule has 76 heavy (non-hydrogen) atoms. The molecular weight excluding hydrogens is 1020 g/mol. The maximum absolute atomic E-state index is 12.6. The highest BCUT2D eigenvalue weighted by molar-refractivity contribution is 6.64. The molecule has 1 aliphatic heterocycles. The van der Waals surface area contributed by atoms with Crippen LogP contribution in [-0.2, 0) is 43.0 Å². The van der Waals surface area contributed by atoms with Crippen LogP contribution >= 0.6 is 11.6 Å². The van der Waals surface area contributed by atoms with E-state index >= 15 is 0 Å². The van der Waals surface area contributed by atoms with Crippen LogP contribution in [0.5, 0.6) is 34.5 Å². The van der Waals surface area contributed by atoms with E-state index in [0.29, 0.717) is 33.4 Å². The summed E-state index contributed by atoms with van der Waals surface area (Å²) in [5, 5.41) is 0.805. The van der Waals surface area contributed by atoms with Gasteiger partial charge in [0, 0.05) is 49.8 Å². The van der Waals surface area contributed by atoms with Gasteiger partial charge in [-0.05, 0) is 79.5 Å². The van der Waals surface area contributed by atoms with E-state index in [-0.39, 0.29) is 85.1 Å². The lowest BCUT2D eigenvalue weighted by molar-refractivity contribution is -0.164. The molecule has 3 aromatic carbocycles. The molecule has 0 aliphatic carbocycles. The van der Waals surface area contributed by atoms with Crippen LogP contribution in [-0.4, -0.2) is 75.1 Å². The zero-order chi connectivity index (χ0) is 54.2. The molecule has 0 bridgehead atoms. The largest absolute Gasteiger partial charge is 0.497 e. The second-order valence-corrected chi connectivity index (χ2v) is 17.1. The van der Waals surface area contributed by atoms with Crippen molar-refractivity contribution in [3.8, 4) is 34.5 Å². The fourth-order valence-electron chi connectivity index (χ4n) is 6.94. The van der Waals surface area contributed by atoms with Gasteiger partial charge in [0.25, 0.3) is 0 Å². The summed E-state index contributed by atoms with van der Waals surface area (Å²) in [6, 6.07) is 13.4. The Labute approximate surface area is 440 Å². The lowest BCUT2D eigenvalue weighted by Gasteiger charge is -2.23. The smallest absolute Gasteiger partial charge is 0.348 e. The standard InChI is InChI=1S/C21H22O9.C15H13ClO6.C15H12O6.3CH4/c1-10(18(23)30-17-20(25)27-9-21(17,3)4)14-7-12-6-13(26-5)8-15(28-11(2)22)16(12)19(24)29-14;1-7(14(16)18)11-5-9-4-10(20-3)6-12(21-8(2)17)13(9)15(19)22-11;1-8(7-16)12-5-10-4-11(19-3)6-13(20-9(2)17)14(10)15(18)21-12;;;/h6-8,10,17H,9H2,1-5H3;4-7H,1-3H3;4-6H,1-3H3;3*1H4/t10-,17+;;;;;/m1...../s1. The molecule has 0 radical (unpaired) electrons. The number of hydrogen-bond acceptors (Lipinski definition) is 21. The number of carbonyl (C=O) groups excluding carboxylic acids is 7. The van der Waals surface area contributed by atoms with Crippen LogP contribution in [0.4, 0.5) is 0 Å². The van der Waals surface area contributed by atoms with Crippen molar-refractivity contribution < 1.29 is 84.7 Å². The van der Waals surface area contributed by atoms with Crippen LogP contribution in [0, 0.1) is 5.41 Å². The summed E-state index contributed by atoms with van der Waals surface area (Å²) in [5.74, 6) is -1.73. The Bertz CT molecular complexity index is 3430. The van der Waals surface area contributed by atoms with Crippen molar-refractivity contribution >= 4 is 90.5 Å². The maximum atomic E-state index is 12.6. The number of halogens is 1. The number of methoxy groups -OCH3 is 3. The van der Waals surface area contributed by atoms with Gasteiger partial charge in [0.05, 0.1) is 32.8 Å². The molecule has 4 heterocycles. The summed E-state index contributed by atoms with van der Waals surface area (Å²) in [5.41, 5.74) is -2.73. The molecule has 7 rings (SSSR count). The van der Waals surface area contributed by atoms with E-state index in [0.717, 1.165) is 0 Å². The lowest BCUT2D eigenvalue weighted by Crippen LogP contribution is -2.36. The van der Waals surface area contributed by atoms with Crippen molar-refractivity contribution in [3.05, 3.63) is 103 Å². The first-order valence-electron chi connectivity index (χ1n) is 21.6. The van der Waals surface area contributed by atoms with Gasteiger partial charge in [0.1, 0.15) is 86.4 Å². The third-order valence-corrected chi connectivity index (χ3v) is 11.0. The number of allylic oxidation sites excluding steroid dienone is 1. The topological polar surface area (TPSA) is 284 Å². The van der Waals surface area contributed by atoms with E-state index in [4.69, 9.17) is 62.7 Å². The first-order valence-corrected chi connectivity index (χ1v) is 22.0. The molecule has 0 spiro atoms. The molecule has 0 amide bonds. The molecule has 22 heteroatoms. The zero-order valence-electron chi connectivity index (χ0n) is 41.1. The average molecular weight is 1080 g/mol. The molecule has 1 unspecified atom stereocenters. The summed E-state index contributed by atoms with van der Waals surface area (Å²) in [6.07, 6.45) is -1.05. The first kappa shape index (κ1) is 63.6. The van der Waals surface area contributed by atoms with Crippen LogP contribution in [0.15, 0.2) is 82.2 Å². The number of ether oxygens (including phenoxy) is 8. The molecule has 1 fully saturated rings. The highest BCUT2D eigenvalue weighted by atomic mass is 35.5. The number of fused-ring (bicyclic) bond motifs is 3. The number of rotatable bonds is 12. The Morgan fingerprint density at radius 1 is 0.592 bits per heavy atom. The second-order valence-electron chi connectivity index (χ2n) is 16.7. The summed E-state index contributed by atoms with van der Waals surface area (Å²) in [6.45, 7) is 11.8. The predicted octanol–water partition coefficient (Wildman–Crippen LogP) is 8.79. The van der Waals surface area contributed by atoms with Gasteiger partial charge in [-0.15, -0.1) is 0 Å². The summed E-state index contributed by atoms with van der Waals surface area (Å²) >= 11 is 5.43. The lowest BCUT2D eigenvalue weighted by atomic mass is 9.89. The highest BCUT2D eigenvalue weighted by Gasteiger charge is 2.47. The first-order chi connectivity index (χ1) is 34.3. The van der Waals surface area contributed by atoms with Crippen LogP contribution in [0.25, 0.3) is 37.9 Å². The van der Waals surface area contributed by atoms with Gasteiger partial charge >= 0.3 is 46.7 Å². The minimum Gasteiger partial charge on any atom is -0.497 e. The molecule has 1 aliphatic rings. The molecular formula is C54H59ClO21. The number of hydrogen-bond donors (Lipinski definition) is 0. The van der Waals surface area contributed by atoms with Crippen molar-refractivity contribution in [1.82, 2.24) is 0 Å². The van der Waals surface area contributed by atoms with Crippen molar-refractivity contribution in [2.24, 2.45) is 5.41 Å². The normalized spacial score (nSPS) is 13.6. The third kappa shape index (κ3) is 14.8. The Hall–Kier alpha value is -8.55. The number of cyclic esters (lactones) is 1. The van der Waals surface area contributed by atoms with Gasteiger partial charge in [0.2, 0.25) is 11.3 Å². The van der Waals surface area contributed by atoms with E-state index in [1.165, 1.54) is 99.3 Å². The van der Waals surface area contributed by atoms with Crippen molar-refractivity contribution in [2.45, 2.75) is 95.6 Å². The van der Waals surface area contributed by atoms with E-state index in [9.17, 15) is 47.9 Å². The monoisotopic (exact) mass is 1080 g/mol. The Balaban J connectivity index is 0.000000391. The zero-order valence-corrected chi connectivity index (χ0v) is 41.8. The van der Waals surface area contributed by atoms with Crippen molar-refractivity contribution in [2.75, 3.05) is 27.9 Å². The molecule has 3 aromatic heterocycles. The SMILES string of the molecule is C.C.C.COc1cc(OC(C)=O)c2c(=O)oc(C(C)=C=O)cc2c1.COc1cc(OC(C)=O)c2c(=O)oc(C(C)C(=O)Cl)cc2c1.COc1cc(OC(C)=O)c2c(=O)oc([C@@H](C)C(=O)O[C@H]3C(=O)OCC3(C)C)cc2c1. The van der Waals surface area contributed by atoms with Crippen LogP contribution in [0.1, 0.15) is 107 Å². The molecule has 0 N–H and O–H groups in total. The third-order valence-electron chi connectivity index (χ3n) is 10.7. The Morgan fingerprint density at radius 3 is 1.29 bits per heavy atom. The minimum atomic E-state index is -1.05. The maximum Gasteiger partial charge on any atom is 0.348 e. The molecule has 21 nitrogen and oxygen atoms in total. The summed E-state index contributed by atoms with van der Waals surface area (Å²) in [7, 11) is 4.31. The fraction of sp³-hybridized carbons (Fsp3) is 0.352. The average Bonchev–Trinajstić information content (AvgIpc) is 3.58. The van der Waals surface area contributed by atoms with Crippen molar-refractivity contribution in [3.63, 3.8) is 0 Å². The Morgan fingerprint density at radius 2 is 0.961 bits per heavy atom. The van der Waals surface area contributed by atoms with Crippen LogP contribution in [0.2, 0.25) is 0 Å². The van der Waals surface area contributed by atoms with Gasteiger partial charge < -0.3 is 51.1 Å². The van der Waals surface area contributed by atoms with Gasteiger partial charge in [-0.2, -0.15) is 0 Å². The number of carbonyl (C=O) groups is 6. The number of benzene rings is 3. The molecule has 1 saturated heterocycles. The van der Waals surface area contributed by atoms with Gasteiger partial charge in [-0.25, -0.2) is 24.0 Å². The van der Waals surface area contributed by atoms with Gasteiger partial charge in [0.15, 0.2) is 0 Å². The van der Waals surface area contributed by atoms with Crippen LogP contribution in [0.3, 0.4) is 0 Å². The van der Waals surface area contributed by atoms with E-state index in [1.54, 1.807) is 38.0 Å². The quantitative estimate of drug-likeness (QED) is 0.0478. The van der Waals surface area contributed by atoms with Crippen molar-refractivity contribution in [1.29, 1.82) is 0 Å². The summed E-state index contributed by atoms with van der Waals surface area (Å²) < 4.78 is 56.4. The predicted molar refractivity (Wildman–Crippen MR) is 278 cm³/mol. The molecule has 408 valence electrons. The minimum absolute atomic E-state index is 0. The summed E-state index contributed by atoms with van der Waals surface area (Å²) in [4.78, 5) is 117. The highest BCUT2D eigenvalue weighted by Crippen LogP contribution is 2.36. The second kappa shape index (κ2) is 26.6. The van der Waals surface area contributed by atoms with E-state index in [1.807, 2.05) is 0 Å². The fourth-order valence-corrected chi connectivity index (χ4v) is 7.04. The van der Waals surface area contributed by atoms with E-state index < -0.39 is 75.3 Å².